The van der Waals surface area contributed by atoms with Gasteiger partial charge in [0.05, 0.1) is 0 Å². The lowest BCUT2D eigenvalue weighted by molar-refractivity contribution is -0.120. The summed E-state index contributed by atoms with van der Waals surface area (Å²) >= 11 is 0. The van der Waals surface area contributed by atoms with E-state index in [1.54, 1.807) is 0 Å². The first-order chi connectivity index (χ1) is 10.3. The average Bonchev–Trinajstić information content (AvgIpc) is 2.96. The fraction of sp³-hybridized carbons (Fsp3) is 0.250. The van der Waals surface area contributed by atoms with E-state index in [9.17, 15) is 4.79 Å². The summed E-state index contributed by atoms with van der Waals surface area (Å²) in [5, 5.41) is 0. The molecule has 106 valence electrons. The second-order valence-corrected chi connectivity index (χ2v) is 5.67. The van der Waals surface area contributed by atoms with Crippen molar-refractivity contribution in [3.63, 3.8) is 0 Å². The Morgan fingerprint density at radius 3 is 2.24 bits per heavy atom. The van der Waals surface area contributed by atoms with Gasteiger partial charge in [0.15, 0.2) is 0 Å². The Kier molecular flexibility index (Phi) is 4.30. The molecule has 1 aliphatic carbocycles. The van der Waals surface area contributed by atoms with Crippen molar-refractivity contribution in [3.05, 3.63) is 77.9 Å². The third-order valence-electron chi connectivity index (χ3n) is 4.27. The number of allylic oxidation sites excluding steroid dienone is 1. The van der Waals surface area contributed by atoms with E-state index < -0.39 is 0 Å². The predicted molar refractivity (Wildman–Crippen MR) is 87.0 cm³/mol. The summed E-state index contributed by atoms with van der Waals surface area (Å²) in [6.45, 7) is 0. The number of hydrogen-bond donors (Lipinski definition) is 0. The van der Waals surface area contributed by atoms with E-state index in [0.29, 0.717) is 5.78 Å². The van der Waals surface area contributed by atoms with E-state index >= 15 is 0 Å². The predicted octanol–water partition coefficient (Wildman–Crippen LogP) is 4.85. The molecule has 0 N–H and O–H groups in total. The average molecular weight is 276 g/mol. The zero-order valence-corrected chi connectivity index (χ0v) is 12.1. The lowest BCUT2D eigenvalue weighted by Crippen LogP contribution is -2.15. The maximum Gasteiger partial charge on any atom is 0.136 e. The highest BCUT2D eigenvalue weighted by molar-refractivity contribution is 5.84. The van der Waals surface area contributed by atoms with E-state index in [1.807, 2.05) is 24.3 Å². The molecular weight excluding hydrogens is 256 g/mol. The van der Waals surface area contributed by atoms with Gasteiger partial charge in [0.2, 0.25) is 0 Å². The van der Waals surface area contributed by atoms with Crippen LogP contribution in [0.15, 0.2) is 66.7 Å². The molecule has 21 heavy (non-hydrogen) atoms. The summed E-state index contributed by atoms with van der Waals surface area (Å²) in [5.41, 5.74) is 2.42. The number of carbonyl (C=O) groups excluding carboxylic acids is 1. The summed E-state index contributed by atoms with van der Waals surface area (Å²) in [6.07, 6.45) is 7.14. The first-order valence-electron chi connectivity index (χ1n) is 7.65. The van der Waals surface area contributed by atoms with Gasteiger partial charge in [0, 0.05) is 18.3 Å². The Hall–Kier alpha value is -2.15. The van der Waals surface area contributed by atoms with Gasteiger partial charge in [0.1, 0.15) is 5.78 Å². The zero-order valence-electron chi connectivity index (χ0n) is 12.1. The summed E-state index contributed by atoms with van der Waals surface area (Å²) in [7, 11) is 0. The molecule has 0 bridgehead atoms. The number of Topliss-reactive ketones (excluding diaryl/α,β-unsaturated/α-hetero) is 1. The van der Waals surface area contributed by atoms with Gasteiger partial charge in [-0.25, -0.2) is 0 Å². The quantitative estimate of drug-likeness (QED) is 0.780. The van der Waals surface area contributed by atoms with Crippen LogP contribution in [0.3, 0.4) is 0 Å². The van der Waals surface area contributed by atoms with Crippen LogP contribution in [0.2, 0.25) is 0 Å². The molecule has 0 amide bonds. The van der Waals surface area contributed by atoms with Gasteiger partial charge in [-0.3, -0.25) is 4.79 Å². The van der Waals surface area contributed by atoms with Crippen LogP contribution in [0.4, 0.5) is 0 Å². The minimum Gasteiger partial charge on any atom is -0.299 e. The molecule has 2 atom stereocenters. The Morgan fingerprint density at radius 1 is 0.952 bits per heavy atom. The van der Waals surface area contributed by atoms with Crippen LogP contribution < -0.4 is 0 Å². The molecule has 1 aliphatic rings. The van der Waals surface area contributed by atoms with Crippen LogP contribution in [-0.2, 0) is 4.79 Å². The van der Waals surface area contributed by atoms with Crippen LogP contribution >= 0.6 is 0 Å². The minimum absolute atomic E-state index is 0.146. The third-order valence-corrected chi connectivity index (χ3v) is 4.27. The molecule has 0 saturated heterocycles. The van der Waals surface area contributed by atoms with Gasteiger partial charge < -0.3 is 0 Å². The first-order valence-corrected chi connectivity index (χ1v) is 7.65. The molecule has 0 heterocycles. The van der Waals surface area contributed by atoms with Gasteiger partial charge in [-0.2, -0.15) is 0 Å². The maximum absolute atomic E-state index is 12.2. The molecule has 0 unspecified atom stereocenters. The number of carbonyl (C=O) groups is 1. The molecule has 0 spiro atoms. The van der Waals surface area contributed by atoms with Crippen molar-refractivity contribution in [2.45, 2.75) is 25.2 Å². The van der Waals surface area contributed by atoms with E-state index in [1.165, 1.54) is 11.1 Å². The lowest BCUT2D eigenvalue weighted by atomic mass is 9.83. The molecule has 0 aromatic heterocycles. The van der Waals surface area contributed by atoms with Crippen molar-refractivity contribution in [1.82, 2.24) is 0 Å². The van der Waals surface area contributed by atoms with Crippen LogP contribution in [0.5, 0.6) is 0 Å². The molecule has 3 rings (SSSR count). The van der Waals surface area contributed by atoms with Crippen molar-refractivity contribution >= 4 is 11.9 Å². The van der Waals surface area contributed by atoms with Crippen LogP contribution in [-0.4, -0.2) is 5.78 Å². The normalized spacial score (nSPS) is 20.0. The highest BCUT2D eigenvalue weighted by atomic mass is 16.1. The SMILES string of the molecule is O=C1CCC[C@@H]1[C@@H](/C=C/c1ccccc1)c1ccccc1. The maximum atomic E-state index is 12.2. The molecule has 1 saturated carbocycles. The van der Waals surface area contributed by atoms with Gasteiger partial charge in [-0.1, -0.05) is 72.8 Å². The Balaban J connectivity index is 1.89. The van der Waals surface area contributed by atoms with Gasteiger partial charge in [-0.05, 0) is 24.0 Å². The van der Waals surface area contributed by atoms with E-state index in [-0.39, 0.29) is 11.8 Å². The summed E-state index contributed by atoms with van der Waals surface area (Å²) in [4.78, 5) is 12.2. The largest absolute Gasteiger partial charge is 0.299 e. The molecule has 1 nitrogen and oxygen atoms in total. The van der Waals surface area contributed by atoms with Gasteiger partial charge in [0.25, 0.3) is 0 Å². The summed E-state index contributed by atoms with van der Waals surface area (Å²) < 4.78 is 0. The van der Waals surface area contributed by atoms with Crippen molar-refractivity contribution in [2.24, 2.45) is 5.92 Å². The zero-order chi connectivity index (χ0) is 14.5. The number of hydrogen-bond acceptors (Lipinski definition) is 1. The Labute approximate surface area is 126 Å². The minimum atomic E-state index is 0.146. The standard InChI is InChI=1S/C20H20O/c21-20-13-7-12-19(20)18(17-10-5-2-6-11-17)15-14-16-8-3-1-4-9-16/h1-6,8-11,14-15,18-19H,7,12-13H2/b15-14+/t18-,19+/m0/s1. The Bertz CT molecular complexity index is 613. The van der Waals surface area contributed by atoms with Crippen LogP contribution in [0.25, 0.3) is 6.08 Å². The summed E-state index contributed by atoms with van der Waals surface area (Å²) in [6, 6.07) is 20.7. The van der Waals surface area contributed by atoms with Crippen LogP contribution in [0, 0.1) is 5.92 Å². The smallest absolute Gasteiger partial charge is 0.136 e. The summed E-state index contributed by atoms with van der Waals surface area (Å²) in [5.74, 6) is 0.760. The third kappa shape index (κ3) is 3.30. The topological polar surface area (TPSA) is 17.1 Å². The fourth-order valence-corrected chi connectivity index (χ4v) is 3.15. The second-order valence-electron chi connectivity index (χ2n) is 5.67. The second kappa shape index (κ2) is 6.53. The van der Waals surface area contributed by atoms with Gasteiger partial charge in [-0.15, -0.1) is 0 Å². The molecule has 1 heteroatoms. The van der Waals surface area contributed by atoms with Crippen LogP contribution in [0.1, 0.15) is 36.3 Å². The molecule has 1 fully saturated rings. The molecule has 0 aliphatic heterocycles. The highest BCUT2D eigenvalue weighted by Crippen LogP contribution is 2.36. The fourth-order valence-electron chi connectivity index (χ4n) is 3.15. The molecular formula is C20H20O. The molecule has 0 radical (unpaired) electrons. The lowest BCUT2D eigenvalue weighted by Gasteiger charge is -2.19. The molecule has 2 aromatic rings. The Morgan fingerprint density at radius 2 is 1.62 bits per heavy atom. The first kappa shape index (κ1) is 13.8. The highest BCUT2D eigenvalue weighted by Gasteiger charge is 2.31. The van der Waals surface area contributed by atoms with Crippen molar-refractivity contribution in [3.8, 4) is 0 Å². The van der Waals surface area contributed by atoms with E-state index in [2.05, 4.69) is 48.6 Å². The van der Waals surface area contributed by atoms with Crippen molar-refractivity contribution < 1.29 is 4.79 Å². The monoisotopic (exact) mass is 276 g/mol. The number of ketones is 1. The number of benzene rings is 2. The van der Waals surface area contributed by atoms with Gasteiger partial charge >= 0.3 is 0 Å². The van der Waals surface area contributed by atoms with Crippen molar-refractivity contribution in [1.29, 1.82) is 0 Å². The number of rotatable bonds is 4. The van der Waals surface area contributed by atoms with E-state index in [0.717, 1.165) is 19.3 Å². The molecule has 2 aromatic carbocycles. The van der Waals surface area contributed by atoms with Crippen molar-refractivity contribution in [2.75, 3.05) is 0 Å². The van der Waals surface area contributed by atoms with E-state index in [4.69, 9.17) is 0 Å².